The molecule has 28 heavy (non-hydrogen) atoms. The Morgan fingerprint density at radius 1 is 1.11 bits per heavy atom. The molecule has 9 heteroatoms. The van der Waals surface area contributed by atoms with Gasteiger partial charge >= 0.3 is 0 Å². The van der Waals surface area contributed by atoms with Crippen LogP contribution in [0.3, 0.4) is 0 Å². The lowest BCUT2D eigenvalue weighted by atomic mass is 10.2. The molecule has 0 atom stereocenters. The molecule has 0 fully saturated rings. The Bertz CT molecular complexity index is 1170. The number of pyridine rings is 1. The van der Waals surface area contributed by atoms with E-state index in [1.807, 2.05) is 30.3 Å². The second kappa shape index (κ2) is 7.23. The highest BCUT2D eigenvalue weighted by Crippen LogP contribution is 2.11. The summed E-state index contributed by atoms with van der Waals surface area (Å²) in [6.45, 7) is 1.76. The number of hydrogen-bond acceptors (Lipinski definition) is 6. The van der Waals surface area contributed by atoms with Gasteiger partial charge in [0.15, 0.2) is 11.5 Å². The lowest BCUT2D eigenvalue weighted by molar-refractivity contribution is 0.101. The number of benzene rings is 1. The van der Waals surface area contributed by atoms with Crippen molar-refractivity contribution in [2.24, 2.45) is 0 Å². The first-order valence-electron chi connectivity index (χ1n) is 8.40. The molecule has 0 unspecified atom stereocenters. The molecule has 1 N–H and O–H groups in total. The van der Waals surface area contributed by atoms with Gasteiger partial charge in [-0.15, -0.1) is 0 Å². The summed E-state index contributed by atoms with van der Waals surface area (Å²) in [7, 11) is 0. The summed E-state index contributed by atoms with van der Waals surface area (Å²) < 4.78 is 3.05. The first-order chi connectivity index (χ1) is 13.6. The number of aromatic nitrogens is 6. The Balaban J connectivity index is 1.60. The number of rotatable bonds is 4. The SMILES string of the molecule is Cc1cc(=O)c(C(=O)Nc2ccc(-n3cncn3)nc2)nn1-c1ccccc1. The molecule has 0 aliphatic rings. The molecule has 138 valence electrons. The molecule has 0 radical (unpaired) electrons. The molecule has 1 amide bonds. The van der Waals surface area contributed by atoms with E-state index in [1.165, 1.54) is 29.6 Å². The number of carbonyl (C=O) groups excluding carboxylic acids is 1. The van der Waals surface area contributed by atoms with Crippen molar-refractivity contribution < 1.29 is 4.79 Å². The first kappa shape index (κ1) is 17.3. The predicted octanol–water partition coefficient (Wildman–Crippen LogP) is 1.77. The number of anilines is 1. The Kier molecular flexibility index (Phi) is 4.47. The Morgan fingerprint density at radius 2 is 1.93 bits per heavy atom. The largest absolute Gasteiger partial charge is 0.319 e. The van der Waals surface area contributed by atoms with Gasteiger partial charge in [-0.05, 0) is 31.2 Å². The molecule has 3 heterocycles. The van der Waals surface area contributed by atoms with E-state index >= 15 is 0 Å². The van der Waals surface area contributed by atoms with Crippen LogP contribution in [0, 0.1) is 6.92 Å². The topological polar surface area (TPSA) is 108 Å². The van der Waals surface area contributed by atoms with Crippen molar-refractivity contribution in [3.05, 3.63) is 89.0 Å². The van der Waals surface area contributed by atoms with Gasteiger partial charge in [0, 0.05) is 11.8 Å². The van der Waals surface area contributed by atoms with Gasteiger partial charge in [0.05, 0.1) is 17.6 Å². The van der Waals surface area contributed by atoms with Gasteiger partial charge in [-0.25, -0.2) is 19.3 Å². The lowest BCUT2D eigenvalue weighted by Gasteiger charge is -2.11. The maximum absolute atomic E-state index is 12.6. The van der Waals surface area contributed by atoms with Gasteiger partial charge in [-0.1, -0.05) is 18.2 Å². The summed E-state index contributed by atoms with van der Waals surface area (Å²) in [6.07, 6.45) is 4.39. The fourth-order valence-electron chi connectivity index (χ4n) is 2.65. The molecule has 0 bridgehead atoms. The molecule has 4 rings (SSSR count). The summed E-state index contributed by atoms with van der Waals surface area (Å²) in [5.41, 5.74) is 1.17. The number of nitrogens with one attached hydrogen (secondary N) is 1. The van der Waals surface area contributed by atoms with Gasteiger partial charge in [0.2, 0.25) is 5.43 Å². The van der Waals surface area contributed by atoms with Crippen molar-refractivity contribution >= 4 is 11.6 Å². The number of aryl methyl sites for hydroxylation is 1. The summed E-state index contributed by atoms with van der Waals surface area (Å²) in [5, 5.41) is 10.9. The maximum atomic E-state index is 12.6. The van der Waals surface area contributed by atoms with Crippen LogP contribution >= 0.6 is 0 Å². The zero-order valence-electron chi connectivity index (χ0n) is 14.9. The van der Waals surface area contributed by atoms with Gasteiger partial charge < -0.3 is 5.32 Å². The maximum Gasteiger partial charge on any atom is 0.280 e. The Hall–Kier alpha value is -4.14. The third-order valence-electron chi connectivity index (χ3n) is 3.98. The van der Waals surface area contributed by atoms with Crippen LogP contribution in [0.5, 0.6) is 0 Å². The van der Waals surface area contributed by atoms with E-state index in [-0.39, 0.29) is 5.69 Å². The minimum Gasteiger partial charge on any atom is -0.319 e. The Labute approximate surface area is 159 Å². The number of carbonyl (C=O) groups is 1. The first-order valence-corrected chi connectivity index (χ1v) is 8.40. The molecule has 0 aliphatic heterocycles. The molecule has 0 spiro atoms. The van der Waals surface area contributed by atoms with Crippen molar-refractivity contribution in [3.63, 3.8) is 0 Å². The van der Waals surface area contributed by atoms with Crippen LogP contribution in [-0.2, 0) is 0 Å². The van der Waals surface area contributed by atoms with Crippen molar-refractivity contribution in [1.29, 1.82) is 0 Å². The number of hydrogen-bond donors (Lipinski definition) is 1. The number of para-hydroxylation sites is 1. The highest BCUT2D eigenvalue weighted by molar-refractivity contribution is 6.02. The highest BCUT2D eigenvalue weighted by atomic mass is 16.2. The second-order valence-electron chi connectivity index (χ2n) is 5.95. The number of amides is 1. The summed E-state index contributed by atoms with van der Waals surface area (Å²) in [4.78, 5) is 33.0. The lowest BCUT2D eigenvalue weighted by Crippen LogP contribution is -2.27. The average Bonchev–Trinajstić information content (AvgIpc) is 3.24. The van der Waals surface area contributed by atoms with E-state index in [9.17, 15) is 9.59 Å². The average molecular weight is 373 g/mol. The fraction of sp³-hybridized carbons (Fsp3) is 0.0526. The van der Waals surface area contributed by atoms with E-state index in [0.717, 1.165) is 5.69 Å². The van der Waals surface area contributed by atoms with Crippen molar-refractivity contribution in [3.8, 4) is 11.5 Å². The predicted molar refractivity (Wildman–Crippen MR) is 102 cm³/mol. The highest BCUT2D eigenvalue weighted by Gasteiger charge is 2.16. The smallest absolute Gasteiger partial charge is 0.280 e. The van der Waals surface area contributed by atoms with Crippen LogP contribution in [-0.4, -0.2) is 35.4 Å². The molecule has 3 aromatic heterocycles. The van der Waals surface area contributed by atoms with E-state index < -0.39 is 11.3 Å². The molecule has 0 saturated carbocycles. The molecular formula is C19H15N7O2. The zero-order chi connectivity index (χ0) is 19.5. The minimum atomic E-state index is -0.606. The van der Waals surface area contributed by atoms with E-state index in [1.54, 1.807) is 23.7 Å². The van der Waals surface area contributed by atoms with E-state index in [4.69, 9.17) is 0 Å². The zero-order valence-corrected chi connectivity index (χ0v) is 14.9. The number of nitrogens with zero attached hydrogens (tertiary/aromatic N) is 6. The molecule has 4 aromatic rings. The van der Waals surface area contributed by atoms with E-state index in [0.29, 0.717) is 17.2 Å². The van der Waals surface area contributed by atoms with Gasteiger partial charge in [0.1, 0.15) is 12.7 Å². The normalized spacial score (nSPS) is 10.6. The third kappa shape index (κ3) is 3.40. The monoisotopic (exact) mass is 373 g/mol. The van der Waals surface area contributed by atoms with Gasteiger partial charge in [-0.2, -0.15) is 10.2 Å². The minimum absolute atomic E-state index is 0.199. The molecule has 9 nitrogen and oxygen atoms in total. The summed E-state index contributed by atoms with van der Waals surface area (Å²) in [5.74, 6) is -0.0552. The summed E-state index contributed by atoms with van der Waals surface area (Å²) in [6, 6.07) is 14.0. The van der Waals surface area contributed by atoms with Crippen molar-refractivity contribution in [2.45, 2.75) is 6.92 Å². The second-order valence-corrected chi connectivity index (χ2v) is 5.95. The molecule has 0 aliphatic carbocycles. The van der Waals surface area contributed by atoms with Gasteiger partial charge in [0.25, 0.3) is 5.91 Å². The quantitative estimate of drug-likeness (QED) is 0.584. The molecular weight excluding hydrogens is 358 g/mol. The standard InChI is InChI=1S/C19H15N7O2/c1-13-9-16(27)18(24-26(13)15-5-3-2-4-6-15)19(28)23-14-7-8-17(21-10-14)25-12-20-11-22-25/h2-12H,1H3,(H,23,28). The van der Waals surface area contributed by atoms with Crippen LogP contribution in [0.1, 0.15) is 16.2 Å². The van der Waals surface area contributed by atoms with Crippen LogP contribution in [0.25, 0.3) is 11.5 Å². The van der Waals surface area contributed by atoms with Crippen molar-refractivity contribution in [1.82, 2.24) is 29.5 Å². The third-order valence-corrected chi connectivity index (χ3v) is 3.98. The van der Waals surface area contributed by atoms with Crippen LogP contribution < -0.4 is 10.7 Å². The van der Waals surface area contributed by atoms with Gasteiger partial charge in [-0.3, -0.25) is 9.59 Å². The van der Waals surface area contributed by atoms with Crippen LogP contribution in [0.2, 0.25) is 0 Å². The molecule has 1 aromatic carbocycles. The van der Waals surface area contributed by atoms with E-state index in [2.05, 4.69) is 25.5 Å². The summed E-state index contributed by atoms with van der Waals surface area (Å²) >= 11 is 0. The van der Waals surface area contributed by atoms with Crippen LogP contribution in [0.15, 0.2) is 72.2 Å². The fourth-order valence-corrected chi connectivity index (χ4v) is 2.65. The van der Waals surface area contributed by atoms with Crippen LogP contribution in [0.4, 0.5) is 5.69 Å². The van der Waals surface area contributed by atoms with Crippen molar-refractivity contribution in [2.75, 3.05) is 5.32 Å². The Morgan fingerprint density at radius 3 is 2.61 bits per heavy atom. The molecule has 0 saturated heterocycles.